The minimum atomic E-state index is -0.410. The maximum Gasteiger partial charge on any atom is 0.349 e. The summed E-state index contributed by atoms with van der Waals surface area (Å²) in [4.78, 5) is 40.6. The van der Waals surface area contributed by atoms with Crippen LogP contribution < -0.4 is 16.3 Å². The van der Waals surface area contributed by atoms with Gasteiger partial charge in [0, 0.05) is 19.2 Å². The summed E-state index contributed by atoms with van der Waals surface area (Å²) >= 11 is 1.35. The fraction of sp³-hybridized carbons (Fsp3) is 0.231. The van der Waals surface area contributed by atoms with E-state index >= 15 is 0 Å². The first-order valence-electron chi connectivity index (χ1n) is 11.6. The van der Waals surface area contributed by atoms with E-state index in [-0.39, 0.29) is 30.5 Å². The Balaban J connectivity index is 1.18. The largest absolute Gasteiger partial charge is 0.349 e. The summed E-state index contributed by atoms with van der Waals surface area (Å²) in [5, 5.41) is 15.0. The van der Waals surface area contributed by atoms with Crippen LogP contribution in [-0.2, 0) is 35.4 Å². The van der Waals surface area contributed by atoms with Crippen LogP contribution in [-0.4, -0.2) is 31.6 Å². The quantitative estimate of drug-likeness (QED) is 0.303. The molecule has 10 heteroatoms. The molecule has 0 saturated carbocycles. The van der Waals surface area contributed by atoms with Crippen molar-refractivity contribution in [3.8, 4) is 0 Å². The smallest absolute Gasteiger partial charge is 0.310 e. The molecule has 2 heterocycles. The van der Waals surface area contributed by atoms with Gasteiger partial charge in [-0.1, -0.05) is 72.0 Å². The van der Waals surface area contributed by atoms with Crippen LogP contribution in [0, 0.1) is 0 Å². The van der Waals surface area contributed by atoms with E-state index in [4.69, 9.17) is 0 Å². The third-order valence-corrected chi connectivity index (χ3v) is 6.21. The Bertz CT molecular complexity index is 1350. The fourth-order valence-electron chi connectivity index (χ4n) is 3.55. The average Bonchev–Trinajstić information content (AvgIpc) is 3.31. The highest BCUT2D eigenvalue weighted by atomic mass is 32.1. The molecule has 0 fully saturated rings. The number of anilines is 2. The molecule has 0 radical (unpaired) electrons. The van der Waals surface area contributed by atoms with Crippen LogP contribution >= 0.6 is 11.3 Å². The van der Waals surface area contributed by atoms with E-state index in [0.29, 0.717) is 18.1 Å². The molecule has 2 amide bonds. The minimum Gasteiger partial charge on any atom is -0.310 e. The molecule has 4 rings (SSSR count). The van der Waals surface area contributed by atoms with Gasteiger partial charge in [0.25, 0.3) is 0 Å². The number of benzene rings is 2. The summed E-state index contributed by atoms with van der Waals surface area (Å²) < 4.78 is 1.52. The summed E-state index contributed by atoms with van der Waals surface area (Å²) in [5.41, 5.74) is 1.42. The van der Waals surface area contributed by atoms with Crippen molar-refractivity contribution in [2.75, 3.05) is 10.6 Å². The number of aryl methyl sites for hydroxylation is 2. The summed E-state index contributed by atoms with van der Waals surface area (Å²) in [7, 11) is 0. The summed E-state index contributed by atoms with van der Waals surface area (Å²) in [5.74, 6) is -0.109. The molecule has 0 spiro atoms. The van der Waals surface area contributed by atoms with Crippen molar-refractivity contribution >= 4 is 34.1 Å². The van der Waals surface area contributed by atoms with Crippen molar-refractivity contribution < 1.29 is 9.59 Å². The Morgan fingerprint density at radius 1 is 0.806 bits per heavy atom. The molecule has 2 aromatic heterocycles. The zero-order valence-corrected chi connectivity index (χ0v) is 20.4. The number of hydrogen-bond donors (Lipinski definition) is 2. The molecule has 2 aromatic carbocycles. The number of nitrogens with zero attached hydrogens (tertiary/aromatic N) is 4. The van der Waals surface area contributed by atoms with Crippen LogP contribution in [0.15, 0.2) is 77.7 Å². The zero-order chi connectivity index (χ0) is 25.2. The molecule has 0 saturated heterocycles. The second-order valence-corrected chi connectivity index (χ2v) is 9.23. The number of nitrogens with one attached hydrogen (secondary N) is 2. The first kappa shape index (κ1) is 24.9. The molecule has 0 atom stereocenters. The van der Waals surface area contributed by atoms with E-state index in [2.05, 4.69) is 25.8 Å². The van der Waals surface area contributed by atoms with Gasteiger partial charge in [0.15, 0.2) is 0 Å². The molecule has 2 N–H and O–H groups in total. The van der Waals surface area contributed by atoms with Gasteiger partial charge in [-0.25, -0.2) is 4.79 Å². The molecule has 36 heavy (non-hydrogen) atoms. The maximum atomic E-state index is 12.3. The zero-order valence-electron chi connectivity index (χ0n) is 19.6. The Labute approximate surface area is 212 Å². The molecule has 4 aromatic rings. The van der Waals surface area contributed by atoms with Crippen LogP contribution in [0.25, 0.3) is 0 Å². The Kier molecular flexibility index (Phi) is 8.66. The molecular formula is C26H26N6O3S. The first-order valence-corrected chi connectivity index (χ1v) is 12.4. The predicted molar refractivity (Wildman–Crippen MR) is 139 cm³/mol. The second-order valence-electron chi connectivity index (χ2n) is 8.17. The van der Waals surface area contributed by atoms with Gasteiger partial charge in [-0.15, -0.1) is 10.2 Å². The minimum absolute atomic E-state index is 0.129. The molecular weight excluding hydrogens is 476 g/mol. The van der Waals surface area contributed by atoms with E-state index in [0.717, 1.165) is 29.0 Å². The number of hydrogen-bond acceptors (Lipinski definition) is 7. The van der Waals surface area contributed by atoms with Gasteiger partial charge in [-0.2, -0.15) is 4.98 Å². The summed E-state index contributed by atoms with van der Waals surface area (Å²) in [6.07, 6.45) is 4.38. The van der Waals surface area contributed by atoms with Crippen LogP contribution in [0.4, 0.5) is 10.9 Å². The van der Waals surface area contributed by atoms with E-state index in [9.17, 15) is 14.4 Å². The van der Waals surface area contributed by atoms with Gasteiger partial charge >= 0.3 is 5.69 Å². The Hall–Kier alpha value is -4.18. The van der Waals surface area contributed by atoms with E-state index in [1.165, 1.54) is 15.9 Å². The molecule has 0 bridgehead atoms. The summed E-state index contributed by atoms with van der Waals surface area (Å²) in [6, 6.07) is 20.5. The highest BCUT2D eigenvalue weighted by Gasteiger charge is 2.10. The van der Waals surface area contributed by atoms with Crippen LogP contribution in [0.3, 0.4) is 0 Å². The molecule has 0 aliphatic carbocycles. The third kappa shape index (κ3) is 7.67. The first-order chi connectivity index (χ1) is 17.5. The van der Waals surface area contributed by atoms with Crippen molar-refractivity contribution in [1.82, 2.24) is 19.7 Å². The number of carbonyl (C=O) groups excluding carboxylic acids is 2. The van der Waals surface area contributed by atoms with Crippen molar-refractivity contribution in [3.63, 3.8) is 0 Å². The SMILES string of the molecule is O=C(Cc1ccccc1)Nc1ccn(CCCCc2nnc(NC(=O)Cc3ccccc3)s2)c(=O)n1. The van der Waals surface area contributed by atoms with Gasteiger partial charge in [0.1, 0.15) is 10.8 Å². The number of carbonyl (C=O) groups is 2. The van der Waals surface area contributed by atoms with Crippen LogP contribution in [0.5, 0.6) is 0 Å². The topological polar surface area (TPSA) is 119 Å². The van der Waals surface area contributed by atoms with Gasteiger partial charge < -0.3 is 10.6 Å². The lowest BCUT2D eigenvalue weighted by atomic mass is 10.1. The maximum absolute atomic E-state index is 12.3. The lowest BCUT2D eigenvalue weighted by Gasteiger charge is -2.07. The van der Waals surface area contributed by atoms with E-state index < -0.39 is 5.69 Å². The monoisotopic (exact) mass is 502 g/mol. The van der Waals surface area contributed by atoms with Crippen LogP contribution in [0.2, 0.25) is 0 Å². The fourth-order valence-corrected chi connectivity index (χ4v) is 4.34. The number of unbranched alkanes of at least 4 members (excludes halogenated alkanes) is 1. The summed E-state index contributed by atoms with van der Waals surface area (Å²) in [6.45, 7) is 0.504. The van der Waals surface area contributed by atoms with Crippen molar-refractivity contribution in [2.45, 2.75) is 38.6 Å². The van der Waals surface area contributed by atoms with Gasteiger partial charge in [0.05, 0.1) is 12.8 Å². The average molecular weight is 503 g/mol. The Morgan fingerprint density at radius 3 is 2.08 bits per heavy atom. The van der Waals surface area contributed by atoms with Gasteiger partial charge in [-0.05, 0) is 30.0 Å². The van der Waals surface area contributed by atoms with Gasteiger partial charge in [-0.3, -0.25) is 14.2 Å². The lowest BCUT2D eigenvalue weighted by molar-refractivity contribution is -0.116. The number of aromatic nitrogens is 4. The normalized spacial score (nSPS) is 10.7. The van der Waals surface area contributed by atoms with E-state index in [1.54, 1.807) is 12.3 Å². The third-order valence-electron chi connectivity index (χ3n) is 5.31. The number of amides is 2. The van der Waals surface area contributed by atoms with Crippen molar-refractivity contribution in [3.05, 3.63) is 99.5 Å². The lowest BCUT2D eigenvalue weighted by Crippen LogP contribution is -2.25. The second kappa shape index (κ2) is 12.5. The molecule has 9 nitrogen and oxygen atoms in total. The molecule has 0 aliphatic heterocycles. The Morgan fingerprint density at radius 2 is 1.44 bits per heavy atom. The molecule has 184 valence electrons. The predicted octanol–water partition coefficient (Wildman–Crippen LogP) is 3.48. The van der Waals surface area contributed by atoms with E-state index in [1.807, 2.05) is 60.7 Å². The highest BCUT2D eigenvalue weighted by molar-refractivity contribution is 7.15. The van der Waals surface area contributed by atoms with Crippen molar-refractivity contribution in [1.29, 1.82) is 0 Å². The van der Waals surface area contributed by atoms with Crippen LogP contribution in [0.1, 0.15) is 29.0 Å². The van der Waals surface area contributed by atoms with Gasteiger partial charge in [0.2, 0.25) is 16.9 Å². The standard InChI is InChI=1S/C26H26N6O3S/c33-22(17-19-9-3-1-4-10-19)27-21-14-16-32(26(35)28-21)15-8-7-13-24-30-31-25(36-24)29-23(34)18-20-11-5-2-6-12-20/h1-6,9-12,14,16H,7-8,13,15,17-18H2,(H,29,31,34)(H,27,28,33,35). The highest BCUT2D eigenvalue weighted by Crippen LogP contribution is 2.17. The number of rotatable bonds is 11. The molecule has 0 unspecified atom stereocenters. The molecule has 0 aliphatic rings. The van der Waals surface area contributed by atoms with Crippen molar-refractivity contribution in [2.24, 2.45) is 0 Å².